The van der Waals surface area contributed by atoms with Crippen LogP contribution >= 0.6 is 0 Å². The van der Waals surface area contributed by atoms with Gasteiger partial charge in [0.1, 0.15) is 5.75 Å². The number of nitrogens with zero attached hydrogens (tertiary/aromatic N) is 2. The first kappa shape index (κ1) is 20.4. The Morgan fingerprint density at radius 1 is 1.14 bits per heavy atom. The van der Waals surface area contributed by atoms with Gasteiger partial charge in [-0.15, -0.1) is 13.2 Å². The molecule has 2 saturated heterocycles. The Morgan fingerprint density at radius 3 is 2.46 bits per heavy atom. The van der Waals surface area contributed by atoms with Gasteiger partial charge in [-0.3, -0.25) is 9.59 Å². The van der Waals surface area contributed by atoms with E-state index in [2.05, 4.69) is 4.74 Å². The van der Waals surface area contributed by atoms with Crippen LogP contribution in [0.15, 0.2) is 24.3 Å². The van der Waals surface area contributed by atoms with Crippen molar-refractivity contribution in [1.29, 1.82) is 0 Å². The van der Waals surface area contributed by atoms with Gasteiger partial charge in [0.25, 0.3) is 5.91 Å². The van der Waals surface area contributed by atoms with Crippen LogP contribution in [0.3, 0.4) is 0 Å². The van der Waals surface area contributed by atoms with Crippen molar-refractivity contribution in [3.05, 3.63) is 29.8 Å². The highest BCUT2D eigenvalue weighted by molar-refractivity contribution is 5.97. The molecule has 0 spiro atoms. The summed E-state index contributed by atoms with van der Waals surface area (Å²) in [6, 6.07) is 5.23. The first-order chi connectivity index (χ1) is 13.3. The second-order valence-corrected chi connectivity index (χ2v) is 7.01. The first-order valence-electron chi connectivity index (χ1n) is 9.27. The minimum absolute atomic E-state index is 0.0622. The fourth-order valence-electron chi connectivity index (χ4n) is 3.96. The van der Waals surface area contributed by atoms with Crippen LogP contribution in [0.4, 0.5) is 13.2 Å². The van der Waals surface area contributed by atoms with Crippen molar-refractivity contribution in [1.82, 2.24) is 9.80 Å². The molecule has 2 aliphatic heterocycles. The van der Waals surface area contributed by atoms with Gasteiger partial charge in [0, 0.05) is 39.3 Å². The lowest BCUT2D eigenvalue weighted by molar-refractivity contribution is -0.274. The number of alkyl halides is 3. The van der Waals surface area contributed by atoms with Crippen LogP contribution in [-0.4, -0.2) is 66.4 Å². The van der Waals surface area contributed by atoms with Crippen LogP contribution in [0.1, 0.15) is 36.5 Å². The van der Waals surface area contributed by atoms with Gasteiger partial charge in [0.2, 0.25) is 5.91 Å². The van der Waals surface area contributed by atoms with Crippen molar-refractivity contribution in [3.8, 4) is 5.75 Å². The molecule has 1 aromatic rings. The maximum absolute atomic E-state index is 12.8. The third-order valence-corrected chi connectivity index (χ3v) is 5.13. The molecule has 0 bridgehead atoms. The van der Waals surface area contributed by atoms with Gasteiger partial charge < -0.3 is 19.3 Å². The average molecular weight is 400 g/mol. The molecule has 28 heavy (non-hydrogen) atoms. The summed E-state index contributed by atoms with van der Waals surface area (Å²) in [5.74, 6) is -1.11. The van der Waals surface area contributed by atoms with Crippen LogP contribution in [0.25, 0.3) is 0 Å². The summed E-state index contributed by atoms with van der Waals surface area (Å²) in [6.07, 6.45) is -2.80. The monoisotopic (exact) mass is 400 g/mol. The van der Waals surface area contributed by atoms with Crippen molar-refractivity contribution in [2.75, 3.05) is 26.3 Å². The minimum atomic E-state index is -4.88. The van der Waals surface area contributed by atoms with Gasteiger partial charge >= 0.3 is 6.36 Å². The molecule has 1 aromatic carbocycles. The molecule has 0 radical (unpaired) electrons. The smallest absolute Gasteiger partial charge is 0.405 e. The molecular weight excluding hydrogens is 377 g/mol. The van der Waals surface area contributed by atoms with E-state index in [1.807, 2.05) is 4.90 Å². The molecule has 2 aliphatic rings. The van der Waals surface area contributed by atoms with Crippen LogP contribution < -0.4 is 4.74 Å². The lowest BCUT2D eigenvalue weighted by atomic mass is 10.0. The Kier molecular flexibility index (Phi) is 6.12. The minimum Gasteiger partial charge on any atom is -0.405 e. The Balaban J connectivity index is 1.73. The van der Waals surface area contributed by atoms with Gasteiger partial charge in [-0.05, 0) is 31.4 Å². The largest absolute Gasteiger partial charge is 0.573 e. The number of halogens is 3. The molecule has 1 atom stereocenters. The highest BCUT2D eigenvalue weighted by Gasteiger charge is 2.38. The van der Waals surface area contributed by atoms with E-state index < -0.39 is 18.0 Å². The van der Waals surface area contributed by atoms with Gasteiger partial charge in [0.05, 0.1) is 11.6 Å². The predicted octanol–water partition coefficient (Wildman–Crippen LogP) is 2.83. The van der Waals surface area contributed by atoms with Gasteiger partial charge in [-0.2, -0.15) is 0 Å². The van der Waals surface area contributed by atoms with E-state index in [4.69, 9.17) is 4.74 Å². The van der Waals surface area contributed by atoms with E-state index in [9.17, 15) is 22.8 Å². The number of carbonyl (C=O) groups is 2. The summed E-state index contributed by atoms with van der Waals surface area (Å²) in [4.78, 5) is 28.3. The van der Waals surface area contributed by atoms with Crippen molar-refractivity contribution in [2.24, 2.45) is 0 Å². The molecule has 2 amide bonds. The van der Waals surface area contributed by atoms with E-state index >= 15 is 0 Å². The molecular formula is C19H23F3N2O4. The summed E-state index contributed by atoms with van der Waals surface area (Å²) in [6.45, 7) is 3.34. The average Bonchev–Trinajstić information content (AvgIpc) is 3.10. The van der Waals surface area contributed by atoms with E-state index in [1.54, 1.807) is 0 Å². The number of ether oxygens (including phenoxy) is 2. The topological polar surface area (TPSA) is 59.1 Å². The summed E-state index contributed by atoms with van der Waals surface area (Å²) in [5.41, 5.74) is -0.138. The van der Waals surface area contributed by atoms with Crippen molar-refractivity contribution in [2.45, 2.75) is 44.6 Å². The zero-order valence-electron chi connectivity index (χ0n) is 15.6. The normalized spacial score (nSPS) is 20.9. The maximum atomic E-state index is 12.8. The number of amides is 2. The molecule has 0 aliphatic carbocycles. The number of hydrogen-bond donors (Lipinski definition) is 0. The lowest BCUT2D eigenvalue weighted by Gasteiger charge is -2.37. The second kappa shape index (κ2) is 8.38. The predicted molar refractivity (Wildman–Crippen MR) is 93.8 cm³/mol. The highest BCUT2D eigenvalue weighted by Crippen LogP contribution is 2.29. The number of hydrogen-bond acceptors (Lipinski definition) is 4. The Hall–Kier alpha value is -2.29. The van der Waals surface area contributed by atoms with Crippen molar-refractivity contribution < 1.29 is 32.2 Å². The van der Waals surface area contributed by atoms with E-state index in [-0.39, 0.29) is 30.1 Å². The molecule has 3 rings (SSSR count). The van der Waals surface area contributed by atoms with E-state index in [1.165, 1.54) is 30.0 Å². The summed E-state index contributed by atoms with van der Waals surface area (Å²) in [7, 11) is 0. The number of rotatable bonds is 4. The summed E-state index contributed by atoms with van der Waals surface area (Å²) in [5, 5.41) is 0. The van der Waals surface area contributed by atoms with Crippen LogP contribution in [0.5, 0.6) is 5.75 Å². The third kappa shape index (κ3) is 4.76. The van der Waals surface area contributed by atoms with Crippen LogP contribution in [0, 0.1) is 0 Å². The standard InChI is InChI=1S/C19H23F3N2O4/c1-13(25)24(14-7-10-27-11-8-14)15-6-9-23(12-15)18(26)16-4-2-3-5-17(16)28-19(20,21)22/h2-5,14-15H,6-12H2,1H3. The molecule has 2 heterocycles. The molecule has 0 saturated carbocycles. The fourth-order valence-corrected chi connectivity index (χ4v) is 3.96. The van der Waals surface area contributed by atoms with E-state index in [0.717, 1.165) is 18.9 Å². The summed E-state index contributed by atoms with van der Waals surface area (Å²) >= 11 is 0. The van der Waals surface area contributed by atoms with Crippen LogP contribution in [-0.2, 0) is 9.53 Å². The molecule has 9 heteroatoms. The highest BCUT2D eigenvalue weighted by atomic mass is 19.4. The third-order valence-electron chi connectivity index (χ3n) is 5.13. The Bertz CT molecular complexity index is 719. The van der Waals surface area contributed by atoms with Crippen LogP contribution in [0.2, 0.25) is 0 Å². The van der Waals surface area contributed by atoms with Gasteiger partial charge in [-0.25, -0.2) is 0 Å². The Labute approximate surface area is 161 Å². The van der Waals surface area contributed by atoms with Crippen molar-refractivity contribution in [3.63, 3.8) is 0 Å². The molecule has 1 unspecified atom stereocenters. The summed E-state index contributed by atoms with van der Waals surface area (Å²) < 4.78 is 47.2. The molecule has 154 valence electrons. The number of benzene rings is 1. The molecule has 2 fully saturated rings. The first-order valence-corrected chi connectivity index (χ1v) is 9.27. The number of para-hydroxylation sites is 1. The van der Waals surface area contributed by atoms with Gasteiger partial charge in [-0.1, -0.05) is 12.1 Å². The maximum Gasteiger partial charge on any atom is 0.573 e. The quantitative estimate of drug-likeness (QED) is 0.780. The molecule has 0 N–H and O–H groups in total. The molecule has 6 nitrogen and oxygen atoms in total. The zero-order chi connectivity index (χ0) is 20.3. The second-order valence-electron chi connectivity index (χ2n) is 7.01. The van der Waals surface area contributed by atoms with Gasteiger partial charge in [0.15, 0.2) is 0 Å². The zero-order valence-corrected chi connectivity index (χ0v) is 15.6. The SMILES string of the molecule is CC(=O)N(C1CCOCC1)C1CCN(C(=O)c2ccccc2OC(F)(F)F)C1. The lowest BCUT2D eigenvalue weighted by Crippen LogP contribution is -2.49. The fraction of sp³-hybridized carbons (Fsp3) is 0.579. The van der Waals surface area contributed by atoms with Crippen molar-refractivity contribution >= 4 is 11.8 Å². The Morgan fingerprint density at radius 2 is 1.82 bits per heavy atom. The number of likely N-dealkylation sites (tertiary alicyclic amines) is 1. The molecule has 0 aromatic heterocycles. The number of carbonyl (C=O) groups excluding carboxylic acids is 2. The van der Waals surface area contributed by atoms with E-state index in [0.29, 0.717) is 26.2 Å².